The molecule has 1 fully saturated rings. The molecule has 4 rings (SSSR count). The van der Waals surface area contributed by atoms with E-state index in [1.54, 1.807) is 12.1 Å². The van der Waals surface area contributed by atoms with Crippen LogP contribution < -0.4 is 15.4 Å². The third kappa shape index (κ3) is 7.63. The SMILES string of the molecule is CC(C)(C)[C@H](NC(=O)CCCCCC(=O)O)C(=O)N1C[C@H](O)C[C@H]1NC(=O)Cc1ccc2c(c1)OCc1ncoc1-2. The highest BCUT2D eigenvalue weighted by Gasteiger charge is 2.42. The molecule has 3 atom stereocenters. The first-order valence-electron chi connectivity index (χ1n) is 13.9. The van der Waals surface area contributed by atoms with Gasteiger partial charge in [-0.3, -0.25) is 19.2 Å². The third-order valence-corrected chi connectivity index (χ3v) is 7.26. The molecule has 12 nitrogen and oxygen atoms in total. The van der Waals surface area contributed by atoms with Crippen molar-refractivity contribution >= 4 is 23.7 Å². The zero-order valence-corrected chi connectivity index (χ0v) is 23.6. The number of fused-ring (bicyclic) bond motifs is 3. The number of likely N-dealkylation sites (tertiary alicyclic amines) is 1. The van der Waals surface area contributed by atoms with Crippen molar-refractivity contribution in [2.24, 2.45) is 5.41 Å². The van der Waals surface area contributed by atoms with Crippen LogP contribution in [0.15, 0.2) is 29.0 Å². The topological polar surface area (TPSA) is 171 Å². The summed E-state index contributed by atoms with van der Waals surface area (Å²) in [6, 6.07) is 4.52. The number of nitrogens with one attached hydrogen (secondary N) is 2. The van der Waals surface area contributed by atoms with Crippen LogP contribution in [0.5, 0.6) is 5.75 Å². The number of hydrogen-bond acceptors (Lipinski definition) is 8. The summed E-state index contributed by atoms with van der Waals surface area (Å²) in [4.78, 5) is 55.6. The number of β-amino-alcohol motifs (C(OH)–C–C–N with tert-alkyl or cyclic N) is 1. The first-order chi connectivity index (χ1) is 19.4. The van der Waals surface area contributed by atoms with Crippen molar-refractivity contribution in [2.75, 3.05) is 6.54 Å². The van der Waals surface area contributed by atoms with E-state index in [0.717, 1.165) is 5.56 Å². The normalized spacial score (nSPS) is 18.6. The molecule has 1 saturated heterocycles. The molecular formula is C29H38N4O8. The summed E-state index contributed by atoms with van der Waals surface area (Å²) in [6.07, 6.45) is 1.85. The fourth-order valence-electron chi connectivity index (χ4n) is 5.12. The lowest BCUT2D eigenvalue weighted by Crippen LogP contribution is -2.58. The van der Waals surface area contributed by atoms with Gasteiger partial charge in [0, 0.05) is 25.8 Å². The van der Waals surface area contributed by atoms with E-state index in [0.29, 0.717) is 42.0 Å². The second-order valence-corrected chi connectivity index (χ2v) is 11.7. The predicted octanol–water partition coefficient (Wildman–Crippen LogP) is 2.38. The molecule has 2 aliphatic rings. The van der Waals surface area contributed by atoms with Crippen molar-refractivity contribution in [3.63, 3.8) is 0 Å². The molecule has 4 N–H and O–H groups in total. The Morgan fingerprint density at radius 1 is 1.12 bits per heavy atom. The van der Waals surface area contributed by atoms with E-state index in [1.807, 2.05) is 26.8 Å². The van der Waals surface area contributed by atoms with E-state index < -0.39 is 29.7 Å². The Morgan fingerprint density at radius 2 is 1.88 bits per heavy atom. The number of rotatable bonds is 11. The van der Waals surface area contributed by atoms with E-state index in [9.17, 15) is 24.3 Å². The number of nitrogens with zero attached hydrogens (tertiary/aromatic N) is 2. The minimum absolute atomic E-state index is 0.0353. The van der Waals surface area contributed by atoms with Gasteiger partial charge in [0.15, 0.2) is 12.2 Å². The second-order valence-electron chi connectivity index (χ2n) is 11.7. The molecule has 3 amide bonds. The third-order valence-electron chi connectivity index (χ3n) is 7.26. The number of hydrogen-bond donors (Lipinski definition) is 4. The van der Waals surface area contributed by atoms with Gasteiger partial charge in [0.1, 0.15) is 30.3 Å². The highest BCUT2D eigenvalue weighted by molar-refractivity contribution is 5.89. The van der Waals surface area contributed by atoms with Crippen molar-refractivity contribution < 1.29 is 38.5 Å². The van der Waals surface area contributed by atoms with Gasteiger partial charge in [0.25, 0.3) is 0 Å². The fraction of sp³-hybridized carbons (Fsp3) is 0.552. The number of ether oxygens (including phenoxy) is 1. The van der Waals surface area contributed by atoms with Crippen LogP contribution in [-0.4, -0.2) is 68.6 Å². The van der Waals surface area contributed by atoms with Gasteiger partial charge in [0.05, 0.1) is 18.1 Å². The van der Waals surface area contributed by atoms with Crippen LogP contribution in [0.25, 0.3) is 11.3 Å². The van der Waals surface area contributed by atoms with Crippen molar-refractivity contribution in [3.8, 4) is 17.1 Å². The molecule has 3 heterocycles. The van der Waals surface area contributed by atoms with E-state index in [-0.39, 0.29) is 56.6 Å². The van der Waals surface area contributed by atoms with Crippen LogP contribution in [0.1, 0.15) is 70.6 Å². The summed E-state index contributed by atoms with van der Waals surface area (Å²) in [5, 5.41) is 24.8. The maximum Gasteiger partial charge on any atom is 0.303 e. The number of aliphatic hydroxyl groups is 1. The number of aliphatic carboxylic acids is 1. The van der Waals surface area contributed by atoms with Gasteiger partial charge < -0.3 is 34.9 Å². The van der Waals surface area contributed by atoms with Gasteiger partial charge in [-0.25, -0.2) is 4.98 Å². The molecule has 0 aliphatic carbocycles. The summed E-state index contributed by atoms with van der Waals surface area (Å²) < 4.78 is 11.2. The summed E-state index contributed by atoms with van der Waals surface area (Å²) in [6.45, 7) is 5.82. The molecule has 41 heavy (non-hydrogen) atoms. The Balaban J connectivity index is 1.36. The average Bonchev–Trinajstić information content (AvgIpc) is 3.52. The van der Waals surface area contributed by atoms with Crippen LogP contribution >= 0.6 is 0 Å². The smallest absolute Gasteiger partial charge is 0.303 e. The lowest BCUT2D eigenvalue weighted by Gasteiger charge is -2.35. The van der Waals surface area contributed by atoms with E-state index >= 15 is 0 Å². The molecular weight excluding hydrogens is 532 g/mol. The molecule has 12 heteroatoms. The van der Waals surface area contributed by atoms with E-state index in [2.05, 4.69) is 15.6 Å². The molecule has 0 bridgehead atoms. The zero-order valence-electron chi connectivity index (χ0n) is 23.6. The molecule has 1 aromatic carbocycles. The molecule has 0 spiro atoms. The summed E-state index contributed by atoms with van der Waals surface area (Å²) in [5.41, 5.74) is 1.56. The minimum Gasteiger partial charge on any atom is -0.486 e. The fourth-order valence-corrected chi connectivity index (χ4v) is 5.12. The molecule has 0 saturated carbocycles. The van der Waals surface area contributed by atoms with Gasteiger partial charge in [-0.15, -0.1) is 0 Å². The number of benzene rings is 1. The van der Waals surface area contributed by atoms with Gasteiger partial charge in [-0.1, -0.05) is 33.3 Å². The lowest BCUT2D eigenvalue weighted by atomic mass is 9.85. The van der Waals surface area contributed by atoms with Crippen LogP contribution in [-0.2, 0) is 32.2 Å². The van der Waals surface area contributed by atoms with E-state index in [1.165, 1.54) is 11.3 Å². The number of amides is 3. The van der Waals surface area contributed by atoms with Crippen LogP contribution in [0.2, 0.25) is 0 Å². The highest BCUT2D eigenvalue weighted by atomic mass is 16.5. The number of aliphatic hydroxyl groups excluding tert-OH is 1. The number of aromatic nitrogens is 1. The van der Waals surface area contributed by atoms with Crippen LogP contribution in [0.3, 0.4) is 0 Å². The van der Waals surface area contributed by atoms with Gasteiger partial charge in [-0.2, -0.15) is 0 Å². The van der Waals surface area contributed by atoms with Gasteiger partial charge in [0.2, 0.25) is 17.7 Å². The number of carbonyl (C=O) groups excluding carboxylic acids is 3. The minimum atomic E-state index is -0.877. The monoisotopic (exact) mass is 570 g/mol. The van der Waals surface area contributed by atoms with Crippen molar-refractivity contribution in [3.05, 3.63) is 35.9 Å². The average molecular weight is 571 g/mol. The molecule has 2 aliphatic heterocycles. The maximum absolute atomic E-state index is 13.7. The molecule has 2 aromatic rings. The van der Waals surface area contributed by atoms with Gasteiger partial charge >= 0.3 is 5.97 Å². The number of carboxylic acid groups (broad SMARTS) is 1. The first kappa shape index (κ1) is 30.0. The quantitative estimate of drug-likeness (QED) is 0.296. The molecule has 222 valence electrons. The van der Waals surface area contributed by atoms with Crippen molar-refractivity contribution in [2.45, 2.75) is 90.6 Å². The standard InChI is InChI=1S/C29H38N4O8/c1-29(2,3)27(32-23(35)7-5-4-6-8-25(37)38)28(39)33-14-18(34)13-22(33)31-24(36)12-17-9-10-19-21(11-17)40-15-20-26(19)41-16-30-20/h9-11,16,18,22,27,34H,4-8,12-15H2,1-3H3,(H,31,36)(H,32,35)(H,37,38)/t18-,22+,27-/m1/s1. The van der Waals surface area contributed by atoms with Crippen LogP contribution in [0, 0.1) is 5.41 Å². The Labute approximate surface area is 238 Å². The highest BCUT2D eigenvalue weighted by Crippen LogP contribution is 2.37. The summed E-state index contributed by atoms with van der Waals surface area (Å²) in [5.74, 6) is -0.640. The number of oxazole rings is 1. The maximum atomic E-state index is 13.7. The van der Waals surface area contributed by atoms with Gasteiger partial charge in [-0.05, 0) is 36.0 Å². The van der Waals surface area contributed by atoms with Crippen molar-refractivity contribution in [1.29, 1.82) is 0 Å². The summed E-state index contributed by atoms with van der Waals surface area (Å²) >= 11 is 0. The molecule has 0 unspecified atom stereocenters. The molecule has 1 aromatic heterocycles. The first-order valence-corrected chi connectivity index (χ1v) is 13.9. The number of carboxylic acids is 1. The second kappa shape index (κ2) is 12.7. The predicted molar refractivity (Wildman–Crippen MR) is 146 cm³/mol. The van der Waals surface area contributed by atoms with Crippen molar-refractivity contribution in [1.82, 2.24) is 20.5 Å². The van der Waals surface area contributed by atoms with E-state index in [4.69, 9.17) is 14.3 Å². The zero-order chi connectivity index (χ0) is 29.7. The van der Waals surface area contributed by atoms with Crippen LogP contribution in [0.4, 0.5) is 0 Å². The Morgan fingerprint density at radius 3 is 2.61 bits per heavy atom. The Bertz CT molecular complexity index is 1280. The number of unbranched alkanes of at least 4 members (excludes halogenated alkanes) is 2. The Kier molecular flexibility index (Phi) is 9.31. The number of carbonyl (C=O) groups is 4. The lowest BCUT2D eigenvalue weighted by molar-refractivity contribution is -0.141. The Hall–Kier alpha value is -3.93. The molecule has 0 radical (unpaired) electrons. The summed E-state index contributed by atoms with van der Waals surface area (Å²) in [7, 11) is 0. The largest absolute Gasteiger partial charge is 0.486 e.